The van der Waals surface area contributed by atoms with Gasteiger partial charge in [0.25, 0.3) is 5.76 Å². The van der Waals surface area contributed by atoms with Gasteiger partial charge in [0.2, 0.25) is 5.91 Å². The number of amides is 1. The van der Waals surface area contributed by atoms with E-state index in [-0.39, 0.29) is 27.9 Å². The van der Waals surface area contributed by atoms with Gasteiger partial charge in [0, 0.05) is 10.9 Å². The topological polar surface area (TPSA) is 42.0 Å². The number of anilines is 1. The van der Waals surface area contributed by atoms with Crippen LogP contribution in [-0.2, 0) is 11.2 Å². The van der Waals surface area contributed by atoms with Crippen molar-refractivity contribution in [1.82, 2.24) is 4.98 Å². The number of nitrogens with zero attached hydrogens (tertiary/aromatic N) is 1. The molecule has 0 saturated heterocycles. The Hall–Kier alpha value is -1.96. The molecule has 0 unspecified atom stereocenters. The van der Waals surface area contributed by atoms with Crippen molar-refractivity contribution in [2.45, 2.75) is 17.1 Å². The van der Waals surface area contributed by atoms with Crippen LogP contribution in [0.4, 0.5) is 14.5 Å². The SMILES string of the molecule is O=C(Cc1csc(-c2ccccc2)n1)Nc1cccc(Cl)c1SC(F)F. The average molecular weight is 411 g/mol. The first-order valence-electron chi connectivity index (χ1n) is 7.56. The molecule has 0 radical (unpaired) electrons. The first kappa shape index (κ1) is 18.8. The molecule has 0 saturated carbocycles. The molecule has 1 heterocycles. The zero-order valence-corrected chi connectivity index (χ0v) is 15.7. The molecule has 0 spiro atoms. The summed E-state index contributed by atoms with van der Waals surface area (Å²) in [5.41, 5.74) is 1.87. The van der Waals surface area contributed by atoms with Gasteiger partial charge in [0.05, 0.1) is 27.7 Å². The quantitative estimate of drug-likeness (QED) is 0.510. The van der Waals surface area contributed by atoms with E-state index < -0.39 is 5.76 Å². The maximum atomic E-state index is 12.7. The number of nitrogens with one attached hydrogen (secondary N) is 1. The summed E-state index contributed by atoms with van der Waals surface area (Å²) in [4.78, 5) is 16.9. The number of hydrogen-bond donors (Lipinski definition) is 1. The molecule has 0 aliphatic carbocycles. The van der Waals surface area contributed by atoms with E-state index in [4.69, 9.17) is 11.6 Å². The lowest BCUT2D eigenvalue weighted by Gasteiger charge is -2.11. The van der Waals surface area contributed by atoms with Crippen molar-refractivity contribution in [2.24, 2.45) is 0 Å². The van der Waals surface area contributed by atoms with Gasteiger partial charge in [-0.1, -0.05) is 59.8 Å². The summed E-state index contributed by atoms with van der Waals surface area (Å²) in [6, 6.07) is 14.3. The molecule has 3 rings (SSSR count). The third kappa shape index (κ3) is 4.81. The van der Waals surface area contributed by atoms with Gasteiger partial charge in [-0.15, -0.1) is 11.3 Å². The Morgan fingerprint density at radius 3 is 2.69 bits per heavy atom. The van der Waals surface area contributed by atoms with Crippen LogP contribution < -0.4 is 5.32 Å². The molecular weight excluding hydrogens is 398 g/mol. The third-order valence-electron chi connectivity index (χ3n) is 3.36. The van der Waals surface area contributed by atoms with E-state index in [0.717, 1.165) is 10.6 Å². The van der Waals surface area contributed by atoms with E-state index in [0.29, 0.717) is 17.5 Å². The van der Waals surface area contributed by atoms with Crippen molar-refractivity contribution in [3.63, 3.8) is 0 Å². The molecular formula is C18H13ClF2N2OS2. The molecule has 1 aromatic heterocycles. The number of thiazole rings is 1. The normalized spacial score (nSPS) is 10.9. The Bertz CT molecular complexity index is 903. The number of aromatic nitrogens is 1. The number of benzene rings is 2. The van der Waals surface area contributed by atoms with Gasteiger partial charge in [-0.2, -0.15) is 8.78 Å². The summed E-state index contributed by atoms with van der Waals surface area (Å²) in [7, 11) is 0. The molecule has 1 N–H and O–H groups in total. The number of rotatable bonds is 6. The molecule has 0 fully saturated rings. The maximum Gasteiger partial charge on any atom is 0.289 e. The maximum absolute atomic E-state index is 12.7. The number of carbonyl (C=O) groups is 1. The number of thioether (sulfide) groups is 1. The van der Waals surface area contributed by atoms with E-state index >= 15 is 0 Å². The summed E-state index contributed by atoms with van der Waals surface area (Å²) >= 11 is 7.73. The van der Waals surface area contributed by atoms with Gasteiger partial charge >= 0.3 is 0 Å². The second kappa shape index (κ2) is 8.62. The van der Waals surface area contributed by atoms with Crippen LogP contribution in [0.15, 0.2) is 58.8 Å². The lowest BCUT2D eigenvalue weighted by molar-refractivity contribution is -0.115. The van der Waals surface area contributed by atoms with E-state index in [1.165, 1.54) is 17.4 Å². The molecule has 1 amide bonds. The first-order chi connectivity index (χ1) is 12.5. The molecule has 26 heavy (non-hydrogen) atoms. The highest BCUT2D eigenvalue weighted by Gasteiger charge is 2.16. The van der Waals surface area contributed by atoms with Gasteiger partial charge < -0.3 is 5.32 Å². The Balaban J connectivity index is 1.70. The Morgan fingerprint density at radius 2 is 1.96 bits per heavy atom. The standard InChI is InChI=1S/C18H13ClF2N2OS2/c19-13-7-4-8-14(16(13)26-18(20)21)23-15(24)9-12-10-25-17(22-12)11-5-2-1-3-6-11/h1-8,10,18H,9H2,(H,23,24). The van der Waals surface area contributed by atoms with Gasteiger partial charge in [0.1, 0.15) is 5.01 Å². The zero-order chi connectivity index (χ0) is 18.5. The number of hydrogen-bond acceptors (Lipinski definition) is 4. The molecule has 134 valence electrons. The van der Waals surface area contributed by atoms with Gasteiger partial charge in [-0.25, -0.2) is 4.98 Å². The zero-order valence-electron chi connectivity index (χ0n) is 13.3. The van der Waals surface area contributed by atoms with Crippen molar-refractivity contribution >= 4 is 46.3 Å². The summed E-state index contributed by atoms with van der Waals surface area (Å²) < 4.78 is 25.4. The summed E-state index contributed by atoms with van der Waals surface area (Å²) in [6.45, 7) is 0. The molecule has 3 aromatic rings. The smallest absolute Gasteiger partial charge is 0.289 e. The van der Waals surface area contributed by atoms with Crippen molar-refractivity contribution in [3.8, 4) is 10.6 Å². The summed E-state index contributed by atoms with van der Waals surface area (Å²) in [5.74, 6) is -2.97. The molecule has 0 aliphatic rings. The minimum absolute atomic E-state index is 0.0502. The minimum atomic E-state index is -2.63. The molecule has 8 heteroatoms. The van der Waals surface area contributed by atoms with E-state index in [1.807, 2.05) is 35.7 Å². The molecule has 0 aliphatic heterocycles. The van der Waals surface area contributed by atoms with E-state index in [9.17, 15) is 13.6 Å². The first-order valence-corrected chi connectivity index (χ1v) is 9.69. The fraction of sp³-hybridized carbons (Fsp3) is 0.111. The third-order valence-corrected chi connectivity index (χ3v) is 5.58. The predicted octanol–water partition coefficient (Wildman–Crippen LogP) is 5.96. The highest BCUT2D eigenvalue weighted by molar-refractivity contribution is 7.99. The lowest BCUT2D eigenvalue weighted by atomic mass is 10.2. The van der Waals surface area contributed by atoms with Crippen LogP contribution in [0.2, 0.25) is 5.02 Å². The summed E-state index contributed by atoms with van der Waals surface area (Å²) in [5, 5.41) is 5.45. The average Bonchev–Trinajstić information content (AvgIpc) is 3.07. The Labute approximate surface area is 162 Å². The second-order valence-corrected chi connectivity index (χ2v) is 7.50. The Kier molecular flexibility index (Phi) is 6.24. The van der Waals surface area contributed by atoms with Crippen molar-refractivity contribution in [2.75, 3.05) is 5.32 Å². The second-order valence-electron chi connectivity index (χ2n) is 5.23. The van der Waals surface area contributed by atoms with Crippen molar-refractivity contribution in [1.29, 1.82) is 0 Å². The molecule has 2 aromatic carbocycles. The van der Waals surface area contributed by atoms with Gasteiger partial charge in [-0.3, -0.25) is 4.79 Å². The highest BCUT2D eigenvalue weighted by atomic mass is 35.5. The van der Waals surface area contributed by atoms with E-state index in [1.54, 1.807) is 12.1 Å². The largest absolute Gasteiger partial charge is 0.325 e. The van der Waals surface area contributed by atoms with Crippen molar-refractivity contribution in [3.05, 3.63) is 64.6 Å². The lowest BCUT2D eigenvalue weighted by Crippen LogP contribution is -2.15. The monoisotopic (exact) mass is 410 g/mol. The fourth-order valence-corrected chi connectivity index (χ4v) is 4.02. The minimum Gasteiger partial charge on any atom is -0.325 e. The molecule has 3 nitrogen and oxygen atoms in total. The van der Waals surface area contributed by atoms with Crippen LogP contribution in [-0.4, -0.2) is 16.6 Å². The highest BCUT2D eigenvalue weighted by Crippen LogP contribution is 2.37. The van der Waals surface area contributed by atoms with Crippen LogP contribution >= 0.6 is 34.7 Å². The van der Waals surface area contributed by atoms with Crippen LogP contribution in [0.3, 0.4) is 0 Å². The number of halogens is 3. The van der Waals surface area contributed by atoms with Gasteiger partial charge in [-0.05, 0) is 12.1 Å². The van der Waals surface area contributed by atoms with Crippen LogP contribution in [0.1, 0.15) is 5.69 Å². The van der Waals surface area contributed by atoms with Crippen molar-refractivity contribution < 1.29 is 13.6 Å². The molecule has 0 atom stereocenters. The number of carbonyl (C=O) groups excluding carboxylic acids is 1. The fourth-order valence-electron chi connectivity index (χ4n) is 2.28. The predicted molar refractivity (Wildman–Crippen MR) is 103 cm³/mol. The van der Waals surface area contributed by atoms with Crippen LogP contribution in [0.5, 0.6) is 0 Å². The molecule has 0 bridgehead atoms. The van der Waals surface area contributed by atoms with Crippen LogP contribution in [0.25, 0.3) is 10.6 Å². The number of alkyl halides is 2. The van der Waals surface area contributed by atoms with Gasteiger partial charge in [0.15, 0.2) is 0 Å². The van der Waals surface area contributed by atoms with E-state index in [2.05, 4.69) is 10.3 Å². The van der Waals surface area contributed by atoms with Crippen LogP contribution in [0, 0.1) is 0 Å². The summed E-state index contributed by atoms with van der Waals surface area (Å²) in [6.07, 6.45) is 0.0502. The Morgan fingerprint density at radius 1 is 1.19 bits per heavy atom.